The summed E-state index contributed by atoms with van der Waals surface area (Å²) in [5, 5.41) is 11.9. The fourth-order valence-electron chi connectivity index (χ4n) is 3.23. The lowest BCUT2D eigenvalue weighted by Crippen LogP contribution is -2.70. The lowest BCUT2D eigenvalue weighted by molar-refractivity contribution is -0.157. The normalized spacial score (nSPS) is 26.9. The zero-order chi connectivity index (χ0) is 15.7. The van der Waals surface area contributed by atoms with Crippen molar-refractivity contribution < 1.29 is 19.1 Å². The summed E-state index contributed by atoms with van der Waals surface area (Å²) >= 11 is 0. The summed E-state index contributed by atoms with van der Waals surface area (Å²) in [4.78, 5) is 23.2. The Kier molecular flexibility index (Phi) is 5.37. The van der Waals surface area contributed by atoms with E-state index < -0.39 is 26.5 Å². The lowest BCUT2D eigenvalue weighted by Gasteiger charge is -2.50. The molecule has 0 aromatic rings. The maximum absolute atomic E-state index is 12.0. The van der Waals surface area contributed by atoms with Gasteiger partial charge in [0.1, 0.15) is 0 Å². The van der Waals surface area contributed by atoms with Gasteiger partial charge in [-0.2, -0.15) is 0 Å². The average Bonchev–Trinajstić information content (AvgIpc) is 2.21. The van der Waals surface area contributed by atoms with Gasteiger partial charge in [0.25, 0.3) is 0 Å². The molecule has 1 amide bonds. The van der Waals surface area contributed by atoms with E-state index in [0.717, 1.165) is 6.42 Å². The van der Waals surface area contributed by atoms with E-state index in [2.05, 4.69) is 32.3 Å². The Morgan fingerprint density at radius 2 is 2.00 bits per heavy atom. The van der Waals surface area contributed by atoms with Crippen molar-refractivity contribution in [3.05, 3.63) is 0 Å². The van der Waals surface area contributed by atoms with Crippen LogP contribution in [0.3, 0.4) is 0 Å². The summed E-state index contributed by atoms with van der Waals surface area (Å²) in [7, 11) is -1.33. The van der Waals surface area contributed by atoms with Gasteiger partial charge in [-0.05, 0) is 39.3 Å². The second kappa shape index (κ2) is 6.26. The van der Waals surface area contributed by atoms with Gasteiger partial charge in [0.05, 0.1) is 23.5 Å². The van der Waals surface area contributed by atoms with Crippen molar-refractivity contribution in [3.63, 3.8) is 0 Å². The highest BCUT2D eigenvalue weighted by atomic mass is 28.3. The Hall–Kier alpha value is -0.883. The fraction of sp³-hybridized carbons (Fsp3) is 0.857. The van der Waals surface area contributed by atoms with Crippen LogP contribution in [0.15, 0.2) is 0 Å². The standard InChI is InChI=1S/C14H27NO4Si/c1-8(2)7-14(4,19-20(5)6)10-11(15-12(10)16)9(3)13(17)18/h8-11,20H,7H2,1-6H3,(H,15,16)(H,17,18)/t9-,10-,11-,14?/m1/s1. The second-order valence-electron chi connectivity index (χ2n) is 6.72. The summed E-state index contributed by atoms with van der Waals surface area (Å²) in [6.45, 7) is 11.9. The van der Waals surface area contributed by atoms with Crippen LogP contribution >= 0.6 is 0 Å². The van der Waals surface area contributed by atoms with Crippen LogP contribution in [0.5, 0.6) is 0 Å². The number of β-lactam (4-membered cyclic amide) rings is 1. The first-order valence-electron chi connectivity index (χ1n) is 7.29. The number of rotatable bonds is 7. The maximum atomic E-state index is 12.0. The number of carbonyl (C=O) groups is 2. The monoisotopic (exact) mass is 301 g/mol. The van der Waals surface area contributed by atoms with Gasteiger partial charge < -0.3 is 14.8 Å². The van der Waals surface area contributed by atoms with Gasteiger partial charge in [-0.25, -0.2) is 0 Å². The van der Waals surface area contributed by atoms with Crippen LogP contribution in [0.25, 0.3) is 0 Å². The van der Waals surface area contributed by atoms with Crippen LogP contribution in [-0.4, -0.2) is 37.7 Å². The van der Waals surface area contributed by atoms with E-state index in [1.165, 1.54) is 0 Å². The van der Waals surface area contributed by atoms with E-state index in [9.17, 15) is 9.59 Å². The summed E-state index contributed by atoms with van der Waals surface area (Å²) in [6.07, 6.45) is 0.763. The number of amides is 1. The zero-order valence-electron chi connectivity index (χ0n) is 13.3. The van der Waals surface area contributed by atoms with Crippen molar-refractivity contribution in [2.45, 2.75) is 58.9 Å². The molecule has 0 spiro atoms. The lowest BCUT2D eigenvalue weighted by atomic mass is 9.69. The first kappa shape index (κ1) is 17.2. The fourth-order valence-corrected chi connectivity index (χ4v) is 4.55. The van der Waals surface area contributed by atoms with Gasteiger partial charge in [0, 0.05) is 0 Å². The number of hydrogen-bond donors (Lipinski definition) is 2. The van der Waals surface area contributed by atoms with Crippen molar-refractivity contribution in [2.24, 2.45) is 17.8 Å². The van der Waals surface area contributed by atoms with Crippen molar-refractivity contribution >= 4 is 20.9 Å². The van der Waals surface area contributed by atoms with Gasteiger partial charge in [-0.15, -0.1) is 0 Å². The molecule has 1 heterocycles. The van der Waals surface area contributed by atoms with E-state index in [0.29, 0.717) is 5.92 Å². The summed E-state index contributed by atoms with van der Waals surface area (Å²) in [5.74, 6) is -1.54. The molecule has 0 saturated carbocycles. The van der Waals surface area contributed by atoms with Crippen LogP contribution in [0, 0.1) is 17.8 Å². The van der Waals surface area contributed by atoms with E-state index in [4.69, 9.17) is 9.53 Å². The molecule has 0 radical (unpaired) electrons. The predicted molar refractivity (Wildman–Crippen MR) is 80.0 cm³/mol. The molecule has 2 N–H and O–H groups in total. The molecular weight excluding hydrogens is 274 g/mol. The molecule has 5 nitrogen and oxygen atoms in total. The first-order valence-corrected chi connectivity index (χ1v) is 10.1. The van der Waals surface area contributed by atoms with Crippen LogP contribution in [0.4, 0.5) is 0 Å². The number of carboxylic acid groups (broad SMARTS) is 1. The molecule has 0 aromatic carbocycles. The highest BCUT2D eigenvalue weighted by Crippen LogP contribution is 2.39. The van der Waals surface area contributed by atoms with Gasteiger partial charge in [0.2, 0.25) is 5.91 Å². The molecule has 1 unspecified atom stereocenters. The third-order valence-electron chi connectivity index (χ3n) is 3.86. The van der Waals surface area contributed by atoms with Crippen molar-refractivity contribution in [1.29, 1.82) is 0 Å². The summed E-state index contributed by atoms with van der Waals surface area (Å²) < 4.78 is 6.17. The van der Waals surface area contributed by atoms with Crippen LogP contribution in [0.1, 0.15) is 34.1 Å². The quantitative estimate of drug-likeness (QED) is 0.553. The van der Waals surface area contributed by atoms with Gasteiger partial charge in [-0.1, -0.05) is 13.8 Å². The average molecular weight is 301 g/mol. The van der Waals surface area contributed by atoms with Crippen LogP contribution in [0.2, 0.25) is 13.1 Å². The van der Waals surface area contributed by atoms with E-state index in [1.54, 1.807) is 6.92 Å². The SMILES string of the molecule is CC(C)CC(C)(O[SiH](C)C)[C@H]1C(=O)N[C@@H]1[C@@H](C)C(=O)O. The molecule has 1 aliphatic heterocycles. The Morgan fingerprint density at radius 3 is 2.35 bits per heavy atom. The molecule has 1 saturated heterocycles. The molecule has 1 aliphatic rings. The van der Waals surface area contributed by atoms with Crippen LogP contribution in [-0.2, 0) is 14.0 Å². The van der Waals surface area contributed by atoms with Gasteiger partial charge in [0.15, 0.2) is 9.04 Å². The molecule has 116 valence electrons. The second-order valence-corrected chi connectivity index (χ2v) is 9.05. The minimum absolute atomic E-state index is 0.0825. The first-order chi connectivity index (χ1) is 9.08. The number of carboxylic acids is 1. The minimum atomic E-state index is -1.33. The zero-order valence-corrected chi connectivity index (χ0v) is 14.4. The number of aliphatic carboxylic acids is 1. The maximum Gasteiger partial charge on any atom is 0.308 e. The molecular formula is C14H27NO4Si. The van der Waals surface area contributed by atoms with Crippen molar-refractivity contribution in [2.75, 3.05) is 0 Å². The Bertz CT molecular complexity index is 373. The van der Waals surface area contributed by atoms with Gasteiger partial charge in [-0.3, -0.25) is 9.59 Å². The topological polar surface area (TPSA) is 75.6 Å². The number of carbonyl (C=O) groups excluding carboxylic acids is 1. The molecule has 6 heteroatoms. The number of nitrogens with one attached hydrogen (secondary N) is 1. The highest BCUT2D eigenvalue weighted by molar-refractivity contribution is 6.48. The molecule has 0 bridgehead atoms. The van der Waals surface area contributed by atoms with Crippen LogP contribution < -0.4 is 5.32 Å². The largest absolute Gasteiger partial charge is 0.481 e. The molecule has 0 aliphatic carbocycles. The molecule has 20 heavy (non-hydrogen) atoms. The third kappa shape index (κ3) is 3.61. The molecule has 1 fully saturated rings. The Morgan fingerprint density at radius 1 is 1.45 bits per heavy atom. The van der Waals surface area contributed by atoms with E-state index in [1.807, 2.05) is 6.92 Å². The van der Waals surface area contributed by atoms with E-state index >= 15 is 0 Å². The predicted octanol–water partition coefficient (Wildman–Crippen LogP) is 1.63. The number of hydrogen-bond acceptors (Lipinski definition) is 3. The highest BCUT2D eigenvalue weighted by Gasteiger charge is 2.55. The van der Waals surface area contributed by atoms with E-state index in [-0.39, 0.29) is 17.9 Å². The Balaban J connectivity index is 2.98. The smallest absolute Gasteiger partial charge is 0.308 e. The Labute approximate surface area is 122 Å². The molecule has 4 atom stereocenters. The molecule has 1 rings (SSSR count). The van der Waals surface area contributed by atoms with Crippen molar-refractivity contribution in [3.8, 4) is 0 Å². The summed E-state index contributed by atoms with van der Waals surface area (Å²) in [6, 6.07) is -0.337. The minimum Gasteiger partial charge on any atom is -0.481 e. The van der Waals surface area contributed by atoms with Crippen molar-refractivity contribution in [1.82, 2.24) is 5.32 Å². The summed E-state index contributed by atoms with van der Waals surface area (Å²) in [5.41, 5.74) is -0.564. The molecule has 0 aromatic heterocycles. The van der Waals surface area contributed by atoms with Gasteiger partial charge >= 0.3 is 5.97 Å². The third-order valence-corrected chi connectivity index (χ3v) is 4.86.